The normalized spacial score (nSPS) is 18.7. The largest absolute Gasteiger partial charge is 0.319 e. The highest BCUT2D eigenvalue weighted by Gasteiger charge is 2.24. The number of rotatable bonds is 6. The van der Waals surface area contributed by atoms with Gasteiger partial charge in [0, 0.05) is 18.9 Å². The molecule has 1 saturated carbocycles. The van der Waals surface area contributed by atoms with Crippen LogP contribution in [-0.2, 0) is 13.5 Å². The van der Waals surface area contributed by atoms with Crippen molar-refractivity contribution in [1.82, 2.24) is 15.1 Å². The topological polar surface area (TPSA) is 29.9 Å². The first-order chi connectivity index (χ1) is 8.31. The van der Waals surface area contributed by atoms with Gasteiger partial charge in [-0.15, -0.1) is 0 Å². The lowest BCUT2D eigenvalue weighted by Crippen LogP contribution is -2.25. The molecule has 0 saturated heterocycles. The van der Waals surface area contributed by atoms with E-state index < -0.39 is 0 Å². The van der Waals surface area contributed by atoms with E-state index in [-0.39, 0.29) is 0 Å². The first kappa shape index (κ1) is 12.6. The van der Waals surface area contributed by atoms with E-state index in [2.05, 4.69) is 23.5 Å². The van der Waals surface area contributed by atoms with Gasteiger partial charge in [0.05, 0.1) is 0 Å². The Hall–Kier alpha value is -0.830. The zero-order chi connectivity index (χ0) is 12.1. The van der Waals surface area contributed by atoms with Crippen LogP contribution in [0.25, 0.3) is 0 Å². The Labute approximate surface area is 105 Å². The number of hydrogen-bond acceptors (Lipinski definition) is 2. The maximum Gasteiger partial charge on any atom is 0.0492 e. The van der Waals surface area contributed by atoms with E-state index in [0.717, 1.165) is 11.8 Å². The fourth-order valence-corrected chi connectivity index (χ4v) is 3.18. The van der Waals surface area contributed by atoms with Crippen LogP contribution in [0.3, 0.4) is 0 Å². The Kier molecular flexibility index (Phi) is 4.60. The second-order valence-corrected chi connectivity index (χ2v) is 5.35. The molecule has 1 fully saturated rings. The maximum absolute atomic E-state index is 4.24. The predicted octanol–water partition coefficient (Wildman–Crippen LogP) is 2.38. The van der Waals surface area contributed by atoms with Crippen LogP contribution in [0.15, 0.2) is 12.3 Å². The molecule has 1 aliphatic carbocycles. The minimum atomic E-state index is 0.845. The number of nitrogens with zero attached hydrogens (tertiary/aromatic N) is 2. The maximum atomic E-state index is 4.24. The summed E-state index contributed by atoms with van der Waals surface area (Å²) in [6.07, 6.45) is 10.1. The van der Waals surface area contributed by atoms with Gasteiger partial charge in [0.2, 0.25) is 0 Å². The summed E-state index contributed by atoms with van der Waals surface area (Å²) in [4.78, 5) is 0. The average Bonchev–Trinajstić information content (AvgIpc) is 2.96. The molecule has 2 rings (SSSR count). The quantitative estimate of drug-likeness (QED) is 0.820. The van der Waals surface area contributed by atoms with Crippen molar-refractivity contribution >= 4 is 0 Å². The summed E-state index contributed by atoms with van der Waals surface area (Å²) in [6.45, 7) is 1.17. The van der Waals surface area contributed by atoms with Crippen LogP contribution in [0.5, 0.6) is 0 Å². The fraction of sp³-hybridized carbons (Fsp3) is 0.786. The smallest absolute Gasteiger partial charge is 0.0492 e. The Balaban J connectivity index is 1.86. The molecule has 3 heteroatoms. The minimum Gasteiger partial charge on any atom is -0.319 e. The summed E-state index contributed by atoms with van der Waals surface area (Å²) < 4.78 is 2.01. The lowest BCUT2D eigenvalue weighted by atomic mass is 9.86. The standard InChI is InChI=1S/C14H25N3/c1-15-11-13(12-5-3-4-6-12)7-8-14-9-10-16-17(14)2/h9-10,12-13,15H,3-8,11H2,1-2H3. The summed E-state index contributed by atoms with van der Waals surface area (Å²) in [5, 5.41) is 7.61. The third-order valence-corrected chi connectivity index (χ3v) is 4.23. The second-order valence-electron chi connectivity index (χ2n) is 5.35. The van der Waals surface area contributed by atoms with Crippen LogP contribution in [0.4, 0.5) is 0 Å². The monoisotopic (exact) mass is 235 g/mol. The summed E-state index contributed by atoms with van der Waals surface area (Å²) in [5.41, 5.74) is 1.36. The highest BCUT2D eigenvalue weighted by Crippen LogP contribution is 2.33. The zero-order valence-electron chi connectivity index (χ0n) is 11.2. The highest BCUT2D eigenvalue weighted by molar-refractivity contribution is 5.00. The summed E-state index contributed by atoms with van der Waals surface area (Å²) in [6, 6.07) is 2.14. The molecule has 1 aromatic rings. The van der Waals surface area contributed by atoms with E-state index in [1.807, 2.05) is 17.9 Å². The van der Waals surface area contributed by atoms with Crippen molar-refractivity contribution in [3.05, 3.63) is 18.0 Å². The van der Waals surface area contributed by atoms with Gasteiger partial charge in [0.15, 0.2) is 0 Å². The van der Waals surface area contributed by atoms with E-state index in [0.29, 0.717) is 0 Å². The minimum absolute atomic E-state index is 0.845. The van der Waals surface area contributed by atoms with E-state index >= 15 is 0 Å². The Bertz CT molecular complexity index is 326. The SMILES string of the molecule is CNCC(CCc1ccnn1C)C1CCCC1. The van der Waals surface area contributed by atoms with Crippen molar-refractivity contribution in [3.63, 3.8) is 0 Å². The number of nitrogens with one attached hydrogen (secondary N) is 1. The molecule has 96 valence electrons. The van der Waals surface area contributed by atoms with Crippen LogP contribution >= 0.6 is 0 Å². The summed E-state index contributed by atoms with van der Waals surface area (Å²) >= 11 is 0. The van der Waals surface area contributed by atoms with Gasteiger partial charge in [-0.05, 0) is 44.3 Å². The number of aryl methyl sites for hydroxylation is 2. The fourth-order valence-electron chi connectivity index (χ4n) is 3.18. The number of hydrogen-bond donors (Lipinski definition) is 1. The van der Waals surface area contributed by atoms with E-state index in [1.165, 1.54) is 50.8 Å². The van der Waals surface area contributed by atoms with Crippen molar-refractivity contribution in [1.29, 1.82) is 0 Å². The molecule has 0 radical (unpaired) electrons. The lowest BCUT2D eigenvalue weighted by Gasteiger charge is -2.23. The van der Waals surface area contributed by atoms with Gasteiger partial charge >= 0.3 is 0 Å². The Morgan fingerprint density at radius 2 is 2.24 bits per heavy atom. The molecule has 1 aliphatic rings. The molecular weight excluding hydrogens is 210 g/mol. The Morgan fingerprint density at radius 1 is 1.47 bits per heavy atom. The third kappa shape index (κ3) is 3.32. The van der Waals surface area contributed by atoms with Crippen LogP contribution in [0, 0.1) is 11.8 Å². The molecule has 1 N–H and O–H groups in total. The molecule has 1 atom stereocenters. The van der Waals surface area contributed by atoms with Crippen LogP contribution in [-0.4, -0.2) is 23.4 Å². The van der Waals surface area contributed by atoms with Gasteiger partial charge < -0.3 is 5.32 Å². The van der Waals surface area contributed by atoms with Crippen molar-refractivity contribution < 1.29 is 0 Å². The van der Waals surface area contributed by atoms with Crippen LogP contribution < -0.4 is 5.32 Å². The predicted molar refractivity (Wildman–Crippen MR) is 70.9 cm³/mol. The van der Waals surface area contributed by atoms with Crippen molar-refractivity contribution in [2.45, 2.75) is 38.5 Å². The van der Waals surface area contributed by atoms with Crippen molar-refractivity contribution in [2.24, 2.45) is 18.9 Å². The van der Waals surface area contributed by atoms with E-state index in [1.54, 1.807) is 0 Å². The first-order valence-corrected chi connectivity index (χ1v) is 6.92. The molecular formula is C14H25N3. The average molecular weight is 235 g/mol. The van der Waals surface area contributed by atoms with Crippen LogP contribution in [0.2, 0.25) is 0 Å². The third-order valence-electron chi connectivity index (χ3n) is 4.23. The Morgan fingerprint density at radius 3 is 2.82 bits per heavy atom. The molecule has 1 heterocycles. The van der Waals surface area contributed by atoms with Gasteiger partial charge in [-0.1, -0.05) is 25.7 Å². The number of aromatic nitrogens is 2. The molecule has 0 amide bonds. The molecule has 17 heavy (non-hydrogen) atoms. The summed E-state index contributed by atoms with van der Waals surface area (Å²) in [7, 11) is 4.12. The highest BCUT2D eigenvalue weighted by atomic mass is 15.2. The van der Waals surface area contributed by atoms with Gasteiger partial charge in [0.1, 0.15) is 0 Å². The first-order valence-electron chi connectivity index (χ1n) is 6.92. The van der Waals surface area contributed by atoms with Gasteiger partial charge in [-0.25, -0.2) is 0 Å². The van der Waals surface area contributed by atoms with Crippen molar-refractivity contribution in [3.8, 4) is 0 Å². The molecule has 0 bridgehead atoms. The molecule has 1 unspecified atom stereocenters. The van der Waals surface area contributed by atoms with Crippen LogP contribution in [0.1, 0.15) is 37.8 Å². The van der Waals surface area contributed by atoms with Crippen molar-refractivity contribution in [2.75, 3.05) is 13.6 Å². The second kappa shape index (κ2) is 6.20. The summed E-state index contributed by atoms with van der Waals surface area (Å²) in [5.74, 6) is 1.80. The molecule has 0 aliphatic heterocycles. The zero-order valence-corrected chi connectivity index (χ0v) is 11.2. The van der Waals surface area contributed by atoms with E-state index in [4.69, 9.17) is 0 Å². The lowest BCUT2D eigenvalue weighted by molar-refractivity contribution is 0.309. The van der Waals surface area contributed by atoms with Gasteiger partial charge in [-0.2, -0.15) is 5.10 Å². The van der Waals surface area contributed by atoms with Gasteiger partial charge in [0.25, 0.3) is 0 Å². The molecule has 0 spiro atoms. The molecule has 3 nitrogen and oxygen atoms in total. The molecule has 1 aromatic heterocycles. The molecule has 0 aromatic carbocycles. The van der Waals surface area contributed by atoms with E-state index in [9.17, 15) is 0 Å². The van der Waals surface area contributed by atoms with Gasteiger partial charge in [-0.3, -0.25) is 4.68 Å².